The van der Waals surface area contributed by atoms with Crippen LogP contribution in [0.4, 0.5) is 0 Å². The lowest BCUT2D eigenvalue weighted by Gasteiger charge is -2.23. The zero-order valence-electron chi connectivity index (χ0n) is 15.9. The van der Waals surface area contributed by atoms with Crippen LogP contribution >= 0.6 is 12.4 Å². The molecule has 0 saturated carbocycles. The minimum atomic E-state index is -3.48. The molecular weight excluding hydrogens is 386 g/mol. The molecule has 2 aliphatic heterocycles. The minimum absolute atomic E-state index is 0. The van der Waals surface area contributed by atoms with Crippen molar-refractivity contribution >= 4 is 28.3 Å². The molecule has 0 bridgehead atoms. The Bertz CT molecular complexity index is 746. The van der Waals surface area contributed by atoms with E-state index >= 15 is 0 Å². The van der Waals surface area contributed by atoms with Crippen molar-refractivity contribution in [1.82, 2.24) is 9.21 Å². The Balaban J connectivity index is 0.00000261. The first-order valence-corrected chi connectivity index (χ1v) is 10.9. The molecule has 0 aliphatic carbocycles. The Morgan fingerprint density at radius 2 is 1.67 bits per heavy atom. The summed E-state index contributed by atoms with van der Waals surface area (Å²) in [5.41, 5.74) is 6.32. The number of halogens is 1. The molecule has 2 fully saturated rings. The largest absolute Gasteiger partial charge is 0.338 e. The van der Waals surface area contributed by atoms with E-state index in [1.165, 1.54) is 0 Å². The van der Waals surface area contributed by atoms with Crippen LogP contribution in [0.2, 0.25) is 0 Å². The van der Waals surface area contributed by atoms with Gasteiger partial charge in [-0.05, 0) is 55.5 Å². The molecule has 1 aromatic rings. The number of amides is 1. The van der Waals surface area contributed by atoms with E-state index in [-0.39, 0.29) is 28.6 Å². The van der Waals surface area contributed by atoms with Crippen molar-refractivity contribution in [1.29, 1.82) is 0 Å². The summed E-state index contributed by atoms with van der Waals surface area (Å²) < 4.78 is 27.2. The quantitative estimate of drug-likeness (QED) is 0.818. The second-order valence-corrected chi connectivity index (χ2v) is 9.77. The first kappa shape index (κ1) is 22.1. The third kappa shape index (κ3) is 4.83. The van der Waals surface area contributed by atoms with Crippen molar-refractivity contribution in [3.63, 3.8) is 0 Å². The Hall–Kier alpha value is -1.15. The maximum atomic E-state index is 12.8. The topological polar surface area (TPSA) is 83.7 Å². The zero-order chi connectivity index (χ0) is 18.8. The summed E-state index contributed by atoms with van der Waals surface area (Å²) >= 11 is 0. The lowest BCUT2D eigenvalue weighted by atomic mass is 9.90. The van der Waals surface area contributed by atoms with Gasteiger partial charge in [-0.3, -0.25) is 4.79 Å². The number of nitrogens with two attached hydrogens (primary N) is 1. The van der Waals surface area contributed by atoms with Gasteiger partial charge in [-0.25, -0.2) is 8.42 Å². The Morgan fingerprint density at radius 3 is 2.19 bits per heavy atom. The van der Waals surface area contributed by atoms with Crippen LogP contribution in [0.1, 0.15) is 49.4 Å². The van der Waals surface area contributed by atoms with E-state index in [4.69, 9.17) is 5.73 Å². The third-order valence-corrected chi connectivity index (χ3v) is 7.55. The summed E-state index contributed by atoms with van der Waals surface area (Å²) in [5.74, 6) is -0.0547. The van der Waals surface area contributed by atoms with Crippen molar-refractivity contribution in [3.05, 3.63) is 29.8 Å². The van der Waals surface area contributed by atoms with Crippen LogP contribution in [-0.2, 0) is 10.0 Å². The summed E-state index contributed by atoms with van der Waals surface area (Å²) in [6, 6.07) is 6.38. The molecule has 0 spiro atoms. The third-order valence-electron chi connectivity index (χ3n) is 5.64. The molecule has 0 radical (unpaired) electrons. The number of hydrogen-bond donors (Lipinski definition) is 1. The molecule has 1 unspecified atom stereocenters. The summed E-state index contributed by atoms with van der Waals surface area (Å²) in [6.45, 7) is 5.15. The van der Waals surface area contributed by atoms with E-state index in [0.717, 1.165) is 32.1 Å². The van der Waals surface area contributed by atoms with Gasteiger partial charge in [-0.15, -0.1) is 12.4 Å². The SMILES string of the molecule is CC1(CN)CCN(C(=O)c2ccc(S(=O)(=O)N3CCCCCC3)cc2)C1.Cl. The fourth-order valence-corrected chi connectivity index (χ4v) is 5.26. The van der Waals surface area contributed by atoms with Crippen molar-refractivity contribution < 1.29 is 13.2 Å². The van der Waals surface area contributed by atoms with Crippen molar-refractivity contribution in [2.75, 3.05) is 32.7 Å². The van der Waals surface area contributed by atoms with Crippen LogP contribution in [0.3, 0.4) is 0 Å². The van der Waals surface area contributed by atoms with Gasteiger partial charge in [-0.2, -0.15) is 4.31 Å². The molecule has 2 saturated heterocycles. The highest BCUT2D eigenvalue weighted by molar-refractivity contribution is 7.89. The molecule has 0 aromatic heterocycles. The Labute approximate surface area is 168 Å². The molecule has 27 heavy (non-hydrogen) atoms. The zero-order valence-corrected chi connectivity index (χ0v) is 17.5. The number of nitrogens with zero attached hydrogens (tertiary/aromatic N) is 2. The number of carbonyl (C=O) groups is 1. The number of carbonyl (C=O) groups excluding carboxylic acids is 1. The van der Waals surface area contributed by atoms with Gasteiger partial charge >= 0.3 is 0 Å². The second kappa shape index (κ2) is 8.90. The van der Waals surface area contributed by atoms with Crippen LogP contribution in [-0.4, -0.2) is 56.3 Å². The van der Waals surface area contributed by atoms with Crippen LogP contribution in [0.5, 0.6) is 0 Å². The minimum Gasteiger partial charge on any atom is -0.338 e. The highest BCUT2D eigenvalue weighted by atomic mass is 35.5. The lowest BCUT2D eigenvalue weighted by molar-refractivity contribution is 0.0777. The Morgan fingerprint density at radius 1 is 1.07 bits per heavy atom. The molecule has 1 amide bonds. The monoisotopic (exact) mass is 415 g/mol. The molecule has 6 nitrogen and oxygen atoms in total. The lowest BCUT2D eigenvalue weighted by Crippen LogP contribution is -2.34. The molecule has 1 aromatic carbocycles. The fourth-order valence-electron chi connectivity index (χ4n) is 3.75. The predicted molar refractivity (Wildman–Crippen MR) is 109 cm³/mol. The predicted octanol–water partition coefficient (Wildman–Crippen LogP) is 2.48. The van der Waals surface area contributed by atoms with Crippen LogP contribution in [0.15, 0.2) is 29.2 Å². The average molecular weight is 416 g/mol. The van der Waals surface area contributed by atoms with Gasteiger partial charge in [0.1, 0.15) is 0 Å². The van der Waals surface area contributed by atoms with Crippen LogP contribution in [0, 0.1) is 5.41 Å². The molecule has 8 heteroatoms. The maximum Gasteiger partial charge on any atom is 0.253 e. The van der Waals surface area contributed by atoms with Crippen molar-refractivity contribution in [2.45, 2.75) is 43.9 Å². The second-order valence-electron chi connectivity index (χ2n) is 7.83. The molecular formula is C19H30ClN3O3S. The van der Waals surface area contributed by atoms with E-state index < -0.39 is 10.0 Å². The van der Waals surface area contributed by atoms with E-state index in [9.17, 15) is 13.2 Å². The molecule has 3 rings (SSSR count). The van der Waals surface area contributed by atoms with E-state index in [1.807, 2.05) is 4.90 Å². The van der Waals surface area contributed by atoms with Gasteiger partial charge in [0, 0.05) is 31.7 Å². The highest BCUT2D eigenvalue weighted by Gasteiger charge is 2.35. The van der Waals surface area contributed by atoms with Crippen LogP contribution in [0.25, 0.3) is 0 Å². The number of sulfonamides is 1. The number of hydrogen-bond acceptors (Lipinski definition) is 4. The van der Waals surface area contributed by atoms with Gasteiger partial charge in [0.05, 0.1) is 4.90 Å². The van der Waals surface area contributed by atoms with Crippen molar-refractivity contribution in [2.24, 2.45) is 11.1 Å². The van der Waals surface area contributed by atoms with Gasteiger partial charge < -0.3 is 10.6 Å². The Kier molecular flexibility index (Phi) is 7.30. The van der Waals surface area contributed by atoms with E-state index in [2.05, 4.69) is 6.92 Å². The van der Waals surface area contributed by atoms with Gasteiger partial charge in [0.25, 0.3) is 5.91 Å². The molecule has 2 aliphatic rings. The number of likely N-dealkylation sites (tertiary alicyclic amines) is 1. The molecule has 1 atom stereocenters. The summed E-state index contributed by atoms with van der Waals surface area (Å²) in [6.07, 6.45) is 4.88. The normalized spacial score (nSPS) is 24.3. The van der Waals surface area contributed by atoms with Crippen molar-refractivity contribution in [3.8, 4) is 0 Å². The summed E-state index contributed by atoms with van der Waals surface area (Å²) in [4.78, 5) is 14.8. The first-order chi connectivity index (χ1) is 12.4. The average Bonchev–Trinajstić information content (AvgIpc) is 2.86. The summed E-state index contributed by atoms with van der Waals surface area (Å²) in [7, 11) is -3.48. The van der Waals surface area contributed by atoms with Gasteiger partial charge in [0.2, 0.25) is 10.0 Å². The molecule has 2 heterocycles. The number of benzene rings is 1. The maximum absolute atomic E-state index is 12.8. The van der Waals surface area contributed by atoms with E-state index in [1.54, 1.807) is 28.6 Å². The van der Waals surface area contributed by atoms with E-state index in [0.29, 0.717) is 38.3 Å². The first-order valence-electron chi connectivity index (χ1n) is 9.45. The highest BCUT2D eigenvalue weighted by Crippen LogP contribution is 2.29. The molecule has 152 valence electrons. The molecule has 2 N–H and O–H groups in total. The number of rotatable bonds is 4. The van der Waals surface area contributed by atoms with Gasteiger partial charge in [-0.1, -0.05) is 19.8 Å². The standard InChI is InChI=1S/C19H29N3O3S.ClH/c1-19(14-20)10-13-21(15-19)18(23)16-6-8-17(9-7-16)26(24,25)22-11-4-2-3-5-12-22;/h6-9H,2-5,10-15,20H2,1H3;1H. The van der Waals surface area contributed by atoms with Gasteiger partial charge in [0.15, 0.2) is 0 Å². The smallest absolute Gasteiger partial charge is 0.253 e. The van der Waals surface area contributed by atoms with Crippen LogP contribution < -0.4 is 5.73 Å². The summed E-state index contributed by atoms with van der Waals surface area (Å²) in [5, 5.41) is 0. The fraction of sp³-hybridized carbons (Fsp3) is 0.632.